The van der Waals surface area contributed by atoms with Gasteiger partial charge in [-0.05, 0) is 28.3 Å². The SMILES string of the molecule is O=C1C(c2ccccc2)=C(c2ccccc2)C1(Br)C(Br)c1ccccc1Br. The molecule has 4 heteroatoms. The van der Waals surface area contributed by atoms with E-state index < -0.39 is 4.32 Å². The third-order valence-corrected chi connectivity index (χ3v) is 8.55. The first-order valence-electron chi connectivity index (χ1n) is 8.53. The molecule has 1 aliphatic rings. The number of allylic oxidation sites excluding steroid dienone is 2. The molecule has 0 heterocycles. The molecule has 0 aliphatic heterocycles. The minimum absolute atomic E-state index is 0.0881. The Labute approximate surface area is 183 Å². The number of benzene rings is 3. The lowest BCUT2D eigenvalue weighted by Crippen LogP contribution is -2.47. The second kappa shape index (κ2) is 7.50. The van der Waals surface area contributed by atoms with Gasteiger partial charge in [0.1, 0.15) is 4.32 Å². The molecule has 1 aliphatic carbocycles. The molecule has 27 heavy (non-hydrogen) atoms. The number of ketones is 1. The summed E-state index contributed by atoms with van der Waals surface area (Å²) in [7, 11) is 0. The Morgan fingerprint density at radius 3 is 1.85 bits per heavy atom. The summed E-state index contributed by atoms with van der Waals surface area (Å²) in [5.74, 6) is 0.0881. The van der Waals surface area contributed by atoms with Crippen LogP contribution >= 0.6 is 47.8 Å². The van der Waals surface area contributed by atoms with E-state index in [4.69, 9.17) is 0 Å². The normalized spacial score (nSPS) is 20.3. The number of hydrogen-bond donors (Lipinski definition) is 0. The molecule has 0 aromatic heterocycles. The van der Waals surface area contributed by atoms with Crippen LogP contribution in [0.15, 0.2) is 89.4 Å². The van der Waals surface area contributed by atoms with Gasteiger partial charge < -0.3 is 0 Å². The highest BCUT2D eigenvalue weighted by atomic mass is 79.9. The van der Waals surface area contributed by atoms with Crippen molar-refractivity contribution in [2.75, 3.05) is 0 Å². The van der Waals surface area contributed by atoms with Crippen LogP contribution in [0.25, 0.3) is 11.1 Å². The van der Waals surface area contributed by atoms with Gasteiger partial charge in [-0.3, -0.25) is 4.79 Å². The fourth-order valence-corrected chi connectivity index (χ4v) is 6.03. The molecule has 3 aromatic carbocycles. The van der Waals surface area contributed by atoms with Crippen LogP contribution in [0.2, 0.25) is 0 Å². The molecule has 0 spiro atoms. The third-order valence-electron chi connectivity index (χ3n) is 4.82. The molecule has 0 saturated heterocycles. The summed E-state index contributed by atoms with van der Waals surface area (Å²) in [5.41, 5.74) is 4.81. The third kappa shape index (κ3) is 3.08. The summed E-state index contributed by atoms with van der Waals surface area (Å²) in [6, 6.07) is 28.0. The van der Waals surface area contributed by atoms with E-state index in [1.54, 1.807) is 0 Å². The van der Waals surface area contributed by atoms with Gasteiger partial charge in [0.15, 0.2) is 5.78 Å². The lowest BCUT2D eigenvalue weighted by Gasteiger charge is -2.44. The summed E-state index contributed by atoms with van der Waals surface area (Å²) in [5, 5.41) is 0. The standard InChI is InChI=1S/C23H15Br3O/c24-18-14-8-7-13-17(18)21(25)23(26)20(16-11-5-2-6-12-16)19(22(23)27)15-9-3-1-4-10-15/h1-14,21H. The average molecular weight is 547 g/mol. The van der Waals surface area contributed by atoms with E-state index in [2.05, 4.69) is 59.9 Å². The molecule has 0 bridgehead atoms. The quantitative estimate of drug-likeness (QED) is 0.316. The minimum Gasteiger partial charge on any atom is -0.292 e. The summed E-state index contributed by atoms with van der Waals surface area (Å²) < 4.78 is 0.141. The van der Waals surface area contributed by atoms with Crippen LogP contribution in [0.5, 0.6) is 0 Å². The molecule has 1 nitrogen and oxygen atoms in total. The van der Waals surface area contributed by atoms with Crippen LogP contribution in [0.4, 0.5) is 0 Å². The highest BCUT2D eigenvalue weighted by Gasteiger charge is 2.57. The molecular weight excluding hydrogens is 532 g/mol. The first-order chi connectivity index (χ1) is 13.0. The van der Waals surface area contributed by atoms with E-state index >= 15 is 0 Å². The van der Waals surface area contributed by atoms with Gasteiger partial charge in [0.05, 0.1) is 4.83 Å². The lowest BCUT2D eigenvalue weighted by atomic mass is 9.68. The van der Waals surface area contributed by atoms with Gasteiger partial charge in [-0.2, -0.15) is 0 Å². The molecule has 0 amide bonds. The fourth-order valence-electron chi connectivity index (χ4n) is 3.50. The van der Waals surface area contributed by atoms with Crippen LogP contribution in [-0.4, -0.2) is 10.1 Å². The number of hydrogen-bond acceptors (Lipinski definition) is 1. The molecule has 0 radical (unpaired) electrons. The monoisotopic (exact) mass is 544 g/mol. The Morgan fingerprint density at radius 1 is 0.741 bits per heavy atom. The molecule has 2 unspecified atom stereocenters. The van der Waals surface area contributed by atoms with Crippen molar-refractivity contribution in [1.82, 2.24) is 0 Å². The Morgan fingerprint density at radius 2 is 1.26 bits per heavy atom. The highest BCUT2D eigenvalue weighted by molar-refractivity contribution is 9.13. The zero-order valence-corrected chi connectivity index (χ0v) is 19.0. The van der Waals surface area contributed by atoms with Gasteiger partial charge in [-0.25, -0.2) is 0 Å². The van der Waals surface area contributed by atoms with E-state index in [0.717, 1.165) is 32.3 Å². The molecule has 2 atom stereocenters. The first kappa shape index (κ1) is 18.9. The number of alkyl halides is 2. The highest BCUT2D eigenvalue weighted by Crippen LogP contribution is 2.60. The van der Waals surface area contributed by atoms with Crippen molar-refractivity contribution < 1.29 is 4.79 Å². The van der Waals surface area contributed by atoms with Gasteiger partial charge in [0, 0.05) is 10.0 Å². The Bertz CT molecular complexity index is 1030. The van der Waals surface area contributed by atoms with Crippen molar-refractivity contribution >= 4 is 64.7 Å². The topological polar surface area (TPSA) is 17.1 Å². The van der Waals surface area contributed by atoms with Gasteiger partial charge in [0.25, 0.3) is 0 Å². The fraction of sp³-hybridized carbons (Fsp3) is 0.0870. The lowest BCUT2D eigenvalue weighted by molar-refractivity contribution is -0.115. The average Bonchev–Trinajstić information content (AvgIpc) is 2.72. The number of rotatable bonds is 4. The van der Waals surface area contributed by atoms with Crippen molar-refractivity contribution in [3.05, 3.63) is 106 Å². The van der Waals surface area contributed by atoms with E-state index in [-0.39, 0.29) is 10.6 Å². The first-order valence-corrected chi connectivity index (χ1v) is 11.0. The molecule has 0 N–H and O–H groups in total. The van der Waals surface area contributed by atoms with E-state index in [1.165, 1.54) is 0 Å². The van der Waals surface area contributed by atoms with Crippen molar-refractivity contribution in [3.63, 3.8) is 0 Å². The number of Topliss-reactive ketones (excluding diaryl/α,β-unsaturated/α-hetero) is 1. The second-order valence-electron chi connectivity index (χ2n) is 6.41. The maximum absolute atomic E-state index is 13.4. The van der Waals surface area contributed by atoms with Crippen molar-refractivity contribution in [2.45, 2.75) is 9.15 Å². The maximum Gasteiger partial charge on any atom is 0.186 e. The van der Waals surface area contributed by atoms with Crippen LogP contribution in [0.3, 0.4) is 0 Å². The zero-order valence-electron chi connectivity index (χ0n) is 14.2. The van der Waals surface area contributed by atoms with Crippen molar-refractivity contribution in [1.29, 1.82) is 0 Å². The Kier molecular flexibility index (Phi) is 5.23. The van der Waals surface area contributed by atoms with Gasteiger partial charge in [-0.15, -0.1) is 0 Å². The zero-order chi connectivity index (χ0) is 19.0. The number of carbonyl (C=O) groups excluding carboxylic acids is 1. The largest absolute Gasteiger partial charge is 0.292 e. The molecule has 3 aromatic rings. The molecule has 134 valence electrons. The Hall–Kier alpha value is -1.49. The maximum atomic E-state index is 13.4. The number of carbonyl (C=O) groups is 1. The van der Waals surface area contributed by atoms with Crippen LogP contribution in [0, 0.1) is 0 Å². The van der Waals surface area contributed by atoms with Crippen LogP contribution in [-0.2, 0) is 4.79 Å². The van der Waals surface area contributed by atoms with E-state index in [1.807, 2.05) is 72.8 Å². The van der Waals surface area contributed by atoms with Crippen molar-refractivity contribution in [3.8, 4) is 0 Å². The molecule has 0 saturated carbocycles. The van der Waals surface area contributed by atoms with Gasteiger partial charge in [0.2, 0.25) is 0 Å². The smallest absolute Gasteiger partial charge is 0.186 e. The van der Waals surface area contributed by atoms with E-state index in [0.29, 0.717) is 0 Å². The van der Waals surface area contributed by atoms with Crippen molar-refractivity contribution in [2.24, 2.45) is 0 Å². The molecular formula is C23H15Br3O. The summed E-state index contributed by atoms with van der Waals surface area (Å²) in [6.07, 6.45) is 0. The predicted molar refractivity (Wildman–Crippen MR) is 122 cm³/mol. The Balaban J connectivity index is 1.92. The summed E-state index contributed by atoms with van der Waals surface area (Å²) in [6.45, 7) is 0. The minimum atomic E-state index is -0.830. The molecule has 4 rings (SSSR count). The number of halogens is 3. The van der Waals surface area contributed by atoms with Crippen LogP contribution < -0.4 is 0 Å². The van der Waals surface area contributed by atoms with Gasteiger partial charge in [-0.1, -0.05) is 127 Å². The summed E-state index contributed by atoms with van der Waals surface area (Å²) >= 11 is 11.3. The predicted octanol–water partition coefficient (Wildman–Crippen LogP) is 7.21. The van der Waals surface area contributed by atoms with Crippen LogP contribution in [0.1, 0.15) is 21.5 Å². The van der Waals surface area contributed by atoms with Gasteiger partial charge >= 0.3 is 0 Å². The summed E-state index contributed by atoms with van der Waals surface area (Å²) in [4.78, 5) is 13.2. The van der Waals surface area contributed by atoms with E-state index in [9.17, 15) is 4.79 Å². The second-order valence-corrected chi connectivity index (χ2v) is 9.43. The molecule has 0 fully saturated rings.